The van der Waals surface area contributed by atoms with Gasteiger partial charge in [0, 0.05) is 18.5 Å². The Balaban J connectivity index is 2.55. The van der Waals surface area contributed by atoms with Crippen LogP contribution in [0.25, 0.3) is 0 Å². The van der Waals surface area contributed by atoms with Gasteiger partial charge in [0.25, 0.3) is 5.92 Å². The highest BCUT2D eigenvalue weighted by molar-refractivity contribution is 5.45. The van der Waals surface area contributed by atoms with Gasteiger partial charge in [-0.1, -0.05) is 0 Å². The van der Waals surface area contributed by atoms with Crippen molar-refractivity contribution in [3.63, 3.8) is 0 Å². The van der Waals surface area contributed by atoms with Crippen LogP contribution in [-0.2, 0) is 5.41 Å². The van der Waals surface area contributed by atoms with Crippen LogP contribution in [0.2, 0.25) is 0 Å². The van der Waals surface area contributed by atoms with Gasteiger partial charge < -0.3 is 5.73 Å². The van der Waals surface area contributed by atoms with Gasteiger partial charge in [-0.15, -0.1) is 0 Å². The molecule has 1 atom stereocenters. The third-order valence-electron chi connectivity index (χ3n) is 3.20. The van der Waals surface area contributed by atoms with Crippen LogP contribution in [0.5, 0.6) is 0 Å². The summed E-state index contributed by atoms with van der Waals surface area (Å²) >= 11 is 0. The molecule has 0 radical (unpaired) electrons. The molecule has 2 rings (SSSR count). The Kier molecular flexibility index (Phi) is 2.58. The van der Waals surface area contributed by atoms with Crippen molar-refractivity contribution in [3.8, 4) is 0 Å². The molecule has 1 unspecified atom stereocenters. The number of alkyl halides is 2. The van der Waals surface area contributed by atoms with Crippen molar-refractivity contribution in [2.75, 3.05) is 6.54 Å². The maximum atomic E-state index is 13.6. The summed E-state index contributed by atoms with van der Waals surface area (Å²) in [5.41, 5.74) is 1.54. The molecule has 0 spiro atoms. The molecule has 98 valence electrons. The number of nitro benzene ring substituents is 1. The van der Waals surface area contributed by atoms with Crippen LogP contribution < -0.4 is 5.73 Å². The van der Waals surface area contributed by atoms with E-state index >= 15 is 0 Å². The van der Waals surface area contributed by atoms with Crippen molar-refractivity contribution in [2.45, 2.75) is 17.8 Å². The SMILES string of the molecule is NCC1(c2cc(F)c([N+](=O)[O-])cc2F)CC1(F)F. The Hall–Kier alpha value is -1.70. The predicted octanol–water partition coefficient (Wildman–Crippen LogP) is 2.11. The highest BCUT2D eigenvalue weighted by atomic mass is 19.3. The van der Waals surface area contributed by atoms with Gasteiger partial charge in [0.1, 0.15) is 5.82 Å². The van der Waals surface area contributed by atoms with Gasteiger partial charge in [-0.05, 0) is 6.07 Å². The lowest BCUT2D eigenvalue weighted by molar-refractivity contribution is -0.387. The fourth-order valence-corrected chi connectivity index (χ4v) is 2.00. The number of rotatable bonds is 3. The minimum atomic E-state index is -3.22. The topological polar surface area (TPSA) is 69.2 Å². The van der Waals surface area contributed by atoms with E-state index in [0.29, 0.717) is 12.1 Å². The van der Waals surface area contributed by atoms with E-state index in [1.54, 1.807) is 0 Å². The lowest BCUT2D eigenvalue weighted by atomic mass is 9.94. The molecular formula is C10H8F4N2O2. The molecule has 1 aliphatic rings. The van der Waals surface area contributed by atoms with Crippen molar-refractivity contribution in [1.29, 1.82) is 0 Å². The average Bonchev–Trinajstić information content (AvgIpc) is 2.84. The zero-order chi connectivity index (χ0) is 13.7. The van der Waals surface area contributed by atoms with Crippen LogP contribution in [0.3, 0.4) is 0 Å². The molecule has 1 saturated carbocycles. The molecule has 2 N–H and O–H groups in total. The first-order valence-corrected chi connectivity index (χ1v) is 4.97. The third-order valence-corrected chi connectivity index (χ3v) is 3.20. The zero-order valence-electron chi connectivity index (χ0n) is 8.92. The number of nitro groups is 1. The Bertz CT molecular complexity index is 535. The molecule has 4 nitrogen and oxygen atoms in total. The summed E-state index contributed by atoms with van der Waals surface area (Å²) in [6.45, 7) is -0.561. The molecule has 1 fully saturated rings. The van der Waals surface area contributed by atoms with Crippen molar-refractivity contribution < 1.29 is 22.5 Å². The molecule has 0 aliphatic heterocycles. The number of benzene rings is 1. The molecule has 0 aromatic heterocycles. The Labute approximate surface area is 98.5 Å². The van der Waals surface area contributed by atoms with E-state index in [2.05, 4.69) is 0 Å². The quantitative estimate of drug-likeness (QED) is 0.516. The van der Waals surface area contributed by atoms with Crippen LogP contribution in [0.1, 0.15) is 12.0 Å². The van der Waals surface area contributed by atoms with Crippen molar-refractivity contribution in [2.24, 2.45) is 5.73 Å². The van der Waals surface area contributed by atoms with Crippen LogP contribution in [0.15, 0.2) is 12.1 Å². The first-order chi connectivity index (χ1) is 8.25. The fraction of sp³-hybridized carbons (Fsp3) is 0.400. The molecule has 0 bridgehead atoms. The summed E-state index contributed by atoms with van der Waals surface area (Å²) < 4.78 is 53.3. The largest absolute Gasteiger partial charge is 0.329 e. The van der Waals surface area contributed by atoms with Crippen LogP contribution in [0, 0.1) is 21.7 Å². The minimum Gasteiger partial charge on any atom is -0.329 e. The number of nitrogens with two attached hydrogens (primary N) is 1. The number of hydrogen-bond donors (Lipinski definition) is 1. The highest BCUT2D eigenvalue weighted by Crippen LogP contribution is 2.61. The van der Waals surface area contributed by atoms with E-state index in [0.717, 1.165) is 0 Å². The second kappa shape index (κ2) is 3.64. The van der Waals surface area contributed by atoms with E-state index in [9.17, 15) is 27.7 Å². The van der Waals surface area contributed by atoms with Gasteiger partial charge in [-0.2, -0.15) is 4.39 Å². The Morgan fingerprint density at radius 3 is 2.28 bits per heavy atom. The Morgan fingerprint density at radius 1 is 1.33 bits per heavy atom. The summed E-state index contributed by atoms with van der Waals surface area (Å²) in [4.78, 5) is 9.25. The first kappa shape index (κ1) is 12.7. The average molecular weight is 264 g/mol. The number of hydrogen-bond acceptors (Lipinski definition) is 3. The summed E-state index contributed by atoms with van der Waals surface area (Å²) in [6, 6.07) is 0.734. The second-order valence-corrected chi connectivity index (χ2v) is 4.21. The van der Waals surface area contributed by atoms with Crippen molar-refractivity contribution in [3.05, 3.63) is 39.4 Å². The summed E-state index contributed by atoms with van der Waals surface area (Å²) in [6.07, 6.45) is -0.690. The number of halogens is 4. The highest BCUT2D eigenvalue weighted by Gasteiger charge is 2.72. The van der Waals surface area contributed by atoms with E-state index < -0.39 is 52.1 Å². The molecule has 1 aromatic rings. The molecule has 0 amide bonds. The molecule has 1 aliphatic carbocycles. The second-order valence-electron chi connectivity index (χ2n) is 4.21. The third kappa shape index (κ3) is 1.56. The van der Waals surface area contributed by atoms with E-state index in [4.69, 9.17) is 5.73 Å². The van der Waals surface area contributed by atoms with Gasteiger partial charge >= 0.3 is 5.69 Å². The summed E-state index contributed by atoms with van der Waals surface area (Å²) in [5, 5.41) is 10.4. The molecular weight excluding hydrogens is 256 g/mol. The molecule has 18 heavy (non-hydrogen) atoms. The number of nitrogens with zero attached hydrogens (tertiary/aromatic N) is 1. The van der Waals surface area contributed by atoms with E-state index in [1.165, 1.54) is 0 Å². The standard InChI is InChI=1S/C10H8F4N2O2/c11-6-2-8(16(17)18)7(12)1-5(6)9(4-15)3-10(9,13)14/h1-2H,3-4,15H2. The van der Waals surface area contributed by atoms with E-state index in [-0.39, 0.29) is 0 Å². The molecule has 0 heterocycles. The zero-order valence-corrected chi connectivity index (χ0v) is 8.92. The monoisotopic (exact) mass is 264 g/mol. The summed E-state index contributed by atoms with van der Waals surface area (Å²) in [5.74, 6) is -5.82. The van der Waals surface area contributed by atoms with Gasteiger partial charge in [0.2, 0.25) is 5.82 Å². The molecule has 1 aromatic carbocycles. The Morgan fingerprint density at radius 2 is 1.89 bits per heavy atom. The predicted molar refractivity (Wildman–Crippen MR) is 53.3 cm³/mol. The lowest BCUT2D eigenvalue weighted by Crippen LogP contribution is -2.28. The van der Waals surface area contributed by atoms with Gasteiger partial charge in [0.15, 0.2) is 0 Å². The van der Waals surface area contributed by atoms with Crippen LogP contribution >= 0.6 is 0 Å². The van der Waals surface area contributed by atoms with Gasteiger partial charge in [-0.25, -0.2) is 13.2 Å². The molecule has 8 heteroatoms. The summed E-state index contributed by atoms with van der Waals surface area (Å²) in [7, 11) is 0. The minimum absolute atomic E-state index is 0.302. The maximum absolute atomic E-state index is 13.6. The molecule has 0 saturated heterocycles. The maximum Gasteiger partial charge on any atom is 0.307 e. The van der Waals surface area contributed by atoms with E-state index in [1.807, 2.05) is 0 Å². The van der Waals surface area contributed by atoms with Crippen LogP contribution in [-0.4, -0.2) is 17.4 Å². The first-order valence-electron chi connectivity index (χ1n) is 4.97. The van der Waals surface area contributed by atoms with Gasteiger partial charge in [0.05, 0.1) is 16.4 Å². The smallest absolute Gasteiger partial charge is 0.307 e. The van der Waals surface area contributed by atoms with Crippen LogP contribution in [0.4, 0.5) is 23.2 Å². The lowest BCUT2D eigenvalue weighted by Gasteiger charge is -2.15. The van der Waals surface area contributed by atoms with Crippen molar-refractivity contribution in [1.82, 2.24) is 0 Å². The normalized spacial score (nSPS) is 24.9. The van der Waals surface area contributed by atoms with Gasteiger partial charge in [-0.3, -0.25) is 10.1 Å². The fourth-order valence-electron chi connectivity index (χ4n) is 2.00. The van der Waals surface area contributed by atoms with Crippen molar-refractivity contribution >= 4 is 5.69 Å².